The Morgan fingerprint density at radius 3 is 3.12 bits per heavy atom. The van der Waals surface area contributed by atoms with Crippen molar-refractivity contribution in [2.75, 3.05) is 18.5 Å². The first-order chi connectivity index (χ1) is 8.16. The predicted octanol–water partition coefficient (Wildman–Crippen LogP) is 1.07. The Balaban J connectivity index is 1.97. The van der Waals surface area contributed by atoms with Crippen molar-refractivity contribution in [2.24, 2.45) is 0 Å². The average molecular weight is 237 g/mol. The van der Waals surface area contributed by atoms with Crippen molar-refractivity contribution in [1.82, 2.24) is 9.97 Å². The van der Waals surface area contributed by atoms with Crippen LogP contribution in [0.15, 0.2) is 6.20 Å². The van der Waals surface area contributed by atoms with Crippen LogP contribution in [0.4, 0.5) is 5.95 Å². The Labute approximate surface area is 99.0 Å². The van der Waals surface area contributed by atoms with E-state index in [0.717, 1.165) is 19.4 Å². The van der Waals surface area contributed by atoms with Gasteiger partial charge >= 0.3 is 5.97 Å². The zero-order valence-electron chi connectivity index (χ0n) is 9.64. The van der Waals surface area contributed by atoms with Gasteiger partial charge in [0.25, 0.3) is 0 Å². The lowest BCUT2D eigenvalue weighted by molar-refractivity contribution is 0.0695. The first kappa shape index (κ1) is 11.8. The van der Waals surface area contributed by atoms with Crippen LogP contribution >= 0.6 is 0 Å². The monoisotopic (exact) mass is 237 g/mol. The highest BCUT2D eigenvalue weighted by Crippen LogP contribution is 2.13. The molecule has 6 heteroatoms. The standard InChI is InChI=1S/C11H15N3O3/c1-7-9(10(15)16)6-13-11(14-7)12-5-8-3-2-4-17-8/h6,8H,2-5H2,1H3,(H,15,16)(H,12,13,14)/t8-/m1/s1. The fourth-order valence-electron chi connectivity index (χ4n) is 1.77. The summed E-state index contributed by atoms with van der Waals surface area (Å²) in [6.45, 7) is 3.12. The zero-order valence-corrected chi connectivity index (χ0v) is 9.64. The molecule has 0 amide bonds. The van der Waals surface area contributed by atoms with E-state index in [1.54, 1.807) is 6.92 Å². The maximum Gasteiger partial charge on any atom is 0.339 e. The number of rotatable bonds is 4. The average Bonchev–Trinajstić information content (AvgIpc) is 2.78. The molecule has 1 atom stereocenters. The third-order valence-corrected chi connectivity index (χ3v) is 2.72. The van der Waals surface area contributed by atoms with E-state index >= 15 is 0 Å². The summed E-state index contributed by atoms with van der Waals surface area (Å²) in [5.41, 5.74) is 0.593. The molecule has 1 aliphatic rings. The van der Waals surface area contributed by atoms with E-state index in [2.05, 4.69) is 15.3 Å². The Hall–Kier alpha value is -1.69. The smallest absolute Gasteiger partial charge is 0.339 e. The highest BCUT2D eigenvalue weighted by molar-refractivity contribution is 5.88. The van der Waals surface area contributed by atoms with Gasteiger partial charge in [0, 0.05) is 19.3 Å². The third kappa shape index (κ3) is 2.91. The summed E-state index contributed by atoms with van der Waals surface area (Å²) in [6, 6.07) is 0. The van der Waals surface area contributed by atoms with Gasteiger partial charge in [0.15, 0.2) is 0 Å². The number of carbonyl (C=O) groups is 1. The molecular formula is C11H15N3O3. The number of hydrogen-bond donors (Lipinski definition) is 2. The molecule has 0 saturated carbocycles. The second kappa shape index (κ2) is 5.09. The molecule has 1 aliphatic heterocycles. The molecule has 2 N–H and O–H groups in total. The molecule has 0 unspecified atom stereocenters. The number of carboxylic acids is 1. The molecule has 2 rings (SSSR count). The maximum absolute atomic E-state index is 10.8. The van der Waals surface area contributed by atoms with E-state index in [-0.39, 0.29) is 11.7 Å². The van der Waals surface area contributed by atoms with E-state index in [1.807, 2.05) is 0 Å². The molecule has 1 fully saturated rings. The van der Waals surface area contributed by atoms with Crippen molar-refractivity contribution in [3.05, 3.63) is 17.5 Å². The number of aromatic carboxylic acids is 1. The Bertz CT molecular complexity index is 416. The lowest BCUT2D eigenvalue weighted by Crippen LogP contribution is -2.20. The summed E-state index contributed by atoms with van der Waals surface area (Å²) >= 11 is 0. The minimum atomic E-state index is -1.01. The molecule has 0 aromatic carbocycles. The third-order valence-electron chi connectivity index (χ3n) is 2.72. The van der Waals surface area contributed by atoms with Gasteiger partial charge in [-0.1, -0.05) is 0 Å². The summed E-state index contributed by atoms with van der Waals surface area (Å²) in [6.07, 6.45) is 3.66. The van der Waals surface area contributed by atoms with Gasteiger partial charge < -0.3 is 15.2 Å². The highest BCUT2D eigenvalue weighted by Gasteiger charge is 2.16. The summed E-state index contributed by atoms with van der Waals surface area (Å²) in [7, 11) is 0. The molecule has 1 saturated heterocycles. The van der Waals surface area contributed by atoms with Gasteiger partial charge in [-0.05, 0) is 19.8 Å². The normalized spacial score (nSPS) is 19.2. The molecular weight excluding hydrogens is 222 g/mol. The van der Waals surface area contributed by atoms with Gasteiger partial charge in [0.2, 0.25) is 5.95 Å². The molecule has 0 aliphatic carbocycles. The predicted molar refractivity (Wildman–Crippen MR) is 61.2 cm³/mol. The Morgan fingerprint density at radius 1 is 1.71 bits per heavy atom. The van der Waals surface area contributed by atoms with Crippen molar-refractivity contribution in [2.45, 2.75) is 25.9 Å². The molecule has 92 valence electrons. The number of aryl methyl sites for hydroxylation is 1. The van der Waals surface area contributed by atoms with Crippen LogP contribution in [0.25, 0.3) is 0 Å². The summed E-state index contributed by atoms with van der Waals surface area (Å²) < 4.78 is 5.45. The molecule has 2 heterocycles. The molecule has 1 aromatic heterocycles. The molecule has 1 aromatic rings. The van der Waals surface area contributed by atoms with Gasteiger partial charge in [0.05, 0.1) is 17.4 Å². The molecule has 0 radical (unpaired) electrons. The van der Waals surface area contributed by atoms with Crippen LogP contribution in [-0.4, -0.2) is 40.3 Å². The Kier molecular flexibility index (Phi) is 3.53. The summed E-state index contributed by atoms with van der Waals surface area (Å²) in [5.74, 6) is -0.559. The fourth-order valence-corrected chi connectivity index (χ4v) is 1.77. The van der Waals surface area contributed by atoms with Crippen LogP contribution in [0.2, 0.25) is 0 Å². The van der Waals surface area contributed by atoms with E-state index in [0.29, 0.717) is 18.2 Å². The number of nitrogens with one attached hydrogen (secondary N) is 1. The minimum Gasteiger partial charge on any atom is -0.478 e. The second-order valence-corrected chi connectivity index (χ2v) is 4.01. The Morgan fingerprint density at radius 2 is 2.53 bits per heavy atom. The molecule has 0 bridgehead atoms. The van der Waals surface area contributed by atoms with Crippen LogP contribution in [0, 0.1) is 6.92 Å². The lowest BCUT2D eigenvalue weighted by atomic mass is 10.2. The van der Waals surface area contributed by atoms with Crippen LogP contribution in [0.3, 0.4) is 0 Å². The van der Waals surface area contributed by atoms with Gasteiger partial charge in [0.1, 0.15) is 0 Å². The quantitative estimate of drug-likeness (QED) is 0.815. The van der Waals surface area contributed by atoms with Crippen molar-refractivity contribution < 1.29 is 14.6 Å². The van der Waals surface area contributed by atoms with Gasteiger partial charge in [-0.2, -0.15) is 0 Å². The van der Waals surface area contributed by atoms with Gasteiger partial charge in [-0.25, -0.2) is 14.8 Å². The topological polar surface area (TPSA) is 84.3 Å². The first-order valence-corrected chi connectivity index (χ1v) is 5.59. The van der Waals surface area contributed by atoms with Gasteiger partial charge in [-0.15, -0.1) is 0 Å². The minimum absolute atomic E-state index is 0.132. The largest absolute Gasteiger partial charge is 0.478 e. The number of anilines is 1. The number of hydrogen-bond acceptors (Lipinski definition) is 5. The van der Waals surface area contributed by atoms with Crippen LogP contribution in [0.5, 0.6) is 0 Å². The van der Waals surface area contributed by atoms with Crippen LogP contribution in [-0.2, 0) is 4.74 Å². The number of aromatic nitrogens is 2. The number of ether oxygens (including phenoxy) is 1. The summed E-state index contributed by atoms with van der Waals surface area (Å²) in [4.78, 5) is 18.8. The number of carboxylic acid groups (broad SMARTS) is 1. The van der Waals surface area contributed by atoms with Crippen molar-refractivity contribution in [3.8, 4) is 0 Å². The second-order valence-electron chi connectivity index (χ2n) is 4.01. The van der Waals surface area contributed by atoms with Crippen molar-refractivity contribution in [1.29, 1.82) is 0 Å². The van der Waals surface area contributed by atoms with E-state index in [1.165, 1.54) is 6.20 Å². The number of nitrogens with zero attached hydrogens (tertiary/aromatic N) is 2. The van der Waals surface area contributed by atoms with Gasteiger partial charge in [-0.3, -0.25) is 0 Å². The molecule has 0 spiro atoms. The van der Waals surface area contributed by atoms with E-state index in [4.69, 9.17) is 9.84 Å². The van der Waals surface area contributed by atoms with Crippen molar-refractivity contribution in [3.63, 3.8) is 0 Å². The molecule has 17 heavy (non-hydrogen) atoms. The molecule has 6 nitrogen and oxygen atoms in total. The first-order valence-electron chi connectivity index (χ1n) is 5.59. The highest BCUT2D eigenvalue weighted by atomic mass is 16.5. The zero-order chi connectivity index (χ0) is 12.3. The summed E-state index contributed by atoms with van der Waals surface area (Å²) in [5, 5.41) is 11.9. The fraction of sp³-hybridized carbons (Fsp3) is 0.545. The SMILES string of the molecule is Cc1nc(NC[C@H]2CCCO2)ncc1C(=O)O. The van der Waals surface area contributed by atoms with Crippen LogP contribution in [0.1, 0.15) is 28.9 Å². The maximum atomic E-state index is 10.8. The van der Waals surface area contributed by atoms with E-state index < -0.39 is 5.97 Å². The van der Waals surface area contributed by atoms with Crippen molar-refractivity contribution >= 4 is 11.9 Å². The lowest BCUT2D eigenvalue weighted by Gasteiger charge is -2.11. The van der Waals surface area contributed by atoms with E-state index in [9.17, 15) is 4.79 Å². The van der Waals surface area contributed by atoms with Crippen LogP contribution < -0.4 is 5.32 Å².